The van der Waals surface area contributed by atoms with Crippen LogP contribution in [-0.2, 0) is 4.79 Å². The lowest BCUT2D eigenvalue weighted by molar-refractivity contribution is -0.131. The van der Waals surface area contributed by atoms with Gasteiger partial charge in [-0.2, -0.15) is 0 Å². The summed E-state index contributed by atoms with van der Waals surface area (Å²) in [4.78, 5) is 13.3. The van der Waals surface area contributed by atoms with Crippen molar-refractivity contribution in [2.24, 2.45) is 0 Å². The van der Waals surface area contributed by atoms with Crippen molar-refractivity contribution in [1.82, 2.24) is 0 Å². The Balaban J connectivity index is 2.29. The fourth-order valence-electron chi connectivity index (χ4n) is 2.33. The summed E-state index contributed by atoms with van der Waals surface area (Å²) in [6.45, 7) is 7.38. The minimum absolute atomic E-state index is 0.286. The maximum atomic E-state index is 11.0. The van der Waals surface area contributed by atoms with Gasteiger partial charge in [-0.3, -0.25) is 4.79 Å². The Kier molecular flexibility index (Phi) is 4.03. The first-order valence-electron chi connectivity index (χ1n) is 6.40. The highest BCUT2D eigenvalue weighted by molar-refractivity contribution is 5.73. The molecule has 0 radical (unpaired) electrons. The first kappa shape index (κ1) is 12.7. The van der Waals surface area contributed by atoms with E-state index in [0.717, 1.165) is 24.3 Å². The number of carbonyl (C=O) groups excluding carboxylic acids is 1. The Bertz CT molecular complexity index is 448. The molecule has 1 aliphatic heterocycles. The average molecular weight is 245 g/mol. The van der Waals surface area contributed by atoms with Gasteiger partial charge in [-0.1, -0.05) is 12.7 Å². The van der Waals surface area contributed by atoms with Crippen molar-refractivity contribution in [2.75, 3.05) is 18.0 Å². The number of hydrogen-bond donors (Lipinski definition) is 0. The van der Waals surface area contributed by atoms with Crippen molar-refractivity contribution in [3.63, 3.8) is 0 Å². The third-order valence-electron chi connectivity index (χ3n) is 3.18. The van der Waals surface area contributed by atoms with Gasteiger partial charge in [0.25, 0.3) is 0 Å². The average Bonchev–Trinajstić information content (AvgIpc) is 2.39. The molecule has 0 spiro atoms. The van der Waals surface area contributed by atoms with E-state index >= 15 is 0 Å². The molecule has 0 aromatic heterocycles. The SMILES string of the molecule is C=Cc1ccc(OC(C)=O)cc1N1CCCCC1. The second-order valence-electron chi connectivity index (χ2n) is 4.57. The molecule has 3 heteroatoms. The fraction of sp³-hybridized carbons (Fsp3) is 0.400. The lowest BCUT2D eigenvalue weighted by Crippen LogP contribution is -2.29. The molecule has 2 rings (SSSR count). The maximum Gasteiger partial charge on any atom is 0.308 e. The molecule has 0 aliphatic carbocycles. The summed E-state index contributed by atoms with van der Waals surface area (Å²) in [5.74, 6) is 0.319. The van der Waals surface area contributed by atoms with E-state index < -0.39 is 0 Å². The lowest BCUT2D eigenvalue weighted by atomic mass is 10.1. The highest BCUT2D eigenvalue weighted by Crippen LogP contribution is 2.29. The molecule has 1 aromatic rings. The van der Waals surface area contributed by atoms with Gasteiger partial charge in [0, 0.05) is 31.8 Å². The van der Waals surface area contributed by atoms with Crippen LogP contribution in [0.5, 0.6) is 5.75 Å². The van der Waals surface area contributed by atoms with Crippen LogP contribution in [0.3, 0.4) is 0 Å². The molecular formula is C15H19NO2. The number of ether oxygens (including phenoxy) is 1. The Hall–Kier alpha value is -1.77. The van der Waals surface area contributed by atoms with Crippen LogP contribution in [0.2, 0.25) is 0 Å². The summed E-state index contributed by atoms with van der Waals surface area (Å²) in [5, 5.41) is 0. The van der Waals surface area contributed by atoms with Crippen molar-refractivity contribution in [3.8, 4) is 5.75 Å². The summed E-state index contributed by atoms with van der Waals surface area (Å²) >= 11 is 0. The number of benzene rings is 1. The van der Waals surface area contributed by atoms with Gasteiger partial charge in [0.2, 0.25) is 0 Å². The number of anilines is 1. The highest BCUT2D eigenvalue weighted by Gasteiger charge is 2.14. The summed E-state index contributed by atoms with van der Waals surface area (Å²) < 4.78 is 5.15. The minimum Gasteiger partial charge on any atom is -0.427 e. The lowest BCUT2D eigenvalue weighted by Gasteiger charge is -2.30. The number of rotatable bonds is 3. The molecule has 0 unspecified atom stereocenters. The van der Waals surface area contributed by atoms with E-state index in [0.29, 0.717) is 5.75 Å². The zero-order valence-corrected chi connectivity index (χ0v) is 10.8. The van der Waals surface area contributed by atoms with Crippen LogP contribution >= 0.6 is 0 Å². The van der Waals surface area contributed by atoms with Gasteiger partial charge in [0.1, 0.15) is 5.75 Å². The van der Waals surface area contributed by atoms with E-state index in [4.69, 9.17) is 4.74 Å². The third kappa shape index (κ3) is 2.92. The second-order valence-corrected chi connectivity index (χ2v) is 4.57. The molecule has 1 fully saturated rings. The Morgan fingerprint density at radius 1 is 1.33 bits per heavy atom. The van der Waals surface area contributed by atoms with Crippen molar-refractivity contribution < 1.29 is 9.53 Å². The third-order valence-corrected chi connectivity index (χ3v) is 3.18. The summed E-state index contributed by atoms with van der Waals surface area (Å²) in [6.07, 6.45) is 5.58. The van der Waals surface area contributed by atoms with Gasteiger partial charge in [-0.15, -0.1) is 0 Å². The number of piperidine rings is 1. The second kappa shape index (κ2) is 5.71. The summed E-state index contributed by atoms with van der Waals surface area (Å²) in [5.41, 5.74) is 2.20. The molecule has 0 bridgehead atoms. The normalized spacial score (nSPS) is 15.3. The number of nitrogens with zero attached hydrogens (tertiary/aromatic N) is 1. The maximum absolute atomic E-state index is 11.0. The molecule has 0 N–H and O–H groups in total. The fourth-order valence-corrected chi connectivity index (χ4v) is 2.33. The predicted octanol–water partition coefficient (Wildman–Crippen LogP) is 3.25. The van der Waals surface area contributed by atoms with Crippen LogP contribution in [0.4, 0.5) is 5.69 Å². The Labute approximate surface area is 108 Å². The largest absolute Gasteiger partial charge is 0.427 e. The van der Waals surface area contributed by atoms with Gasteiger partial charge in [-0.25, -0.2) is 0 Å². The molecule has 0 amide bonds. The van der Waals surface area contributed by atoms with E-state index in [1.54, 1.807) is 0 Å². The molecule has 1 aromatic carbocycles. The molecule has 3 nitrogen and oxygen atoms in total. The van der Waals surface area contributed by atoms with Gasteiger partial charge in [0.15, 0.2) is 0 Å². The van der Waals surface area contributed by atoms with E-state index in [2.05, 4.69) is 11.5 Å². The van der Waals surface area contributed by atoms with Gasteiger partial charge in [0.05, 0.1) is 0 Å². The van der Waals surface area contributed by atoms with Gasteiger partial charge < -0.3 is 9.64 Å². The highest BCUT2D eigenvalue weighted by atomic mass is 16.5. The molecule has 96 valence electrons. The van der Waals surface area contributed by atoms with Crippen LogP contribution < -0.4 is 9.64 Å². The van der Waals surface area contributed by atoms with Crippen molar-refractivity contribution >= 4 is 17.7 Å². The predicted molar refractivity (Wildman–Crippen MR) is 73.9 cm³/mol. The van der Waals surface area contributed by atoms with E-state index in [1.165, 1.54) is 26.2 Å². The monoisotopic (exact) mass is 245 g/mol. The smallest absolute Gasteiger partial charge is 0.308 e. The zero-order chi connectivity index (χ0) is 13.0. The van der Waals surface area contributed by atoms with Crippen molar-refractivity contribution in [1.29, 1.82) is 0 Å². The summed E-state index contributed by atoms with van der Waals surface area (Å²) in [7, 11) is 0. The van der Waals surface area contributed by atoms with Gasteiger partial charge in [-0.05, 0) is 37.0 Å². The number of carbonyl (C=O) groups is 1. The minimum atomic E-state index is -0.286. The molecule has 1 aliphatic rings. The Morgan fingerprint density at radius 2 is 2.06 bits per heavy atom. The number of esters is 1. The topological polar surface area (TPSA) is 29.5 Å². The molecule has 0 saturated carbocycles. The van der Waals surface area contributed by atoms with E-state index in [1.807, 2.05) is 24.3 Å². The van der Waals surface area contributed by atoms with Crippen LogP contribution in [0.1, 0.15) is 31.7 Å². The molecule has 18 heavy (non-hydrogen) atoms. The zero-order valence-electron chi connectivity index (χ0n) is 10.8. The first-order valence-corrected chi connectivity index (χ1v) is 6.40. The Morgan fingerprint density at radius 3 is 2.67 bits per heavy atom. The first-order chi connectivity index (χ1) is 8.70. The van der Waals surface area contributed by atoms with Crippen molar-refractivity contribution in [2.45, 2.75) is 26.2 Å². The molecular weight excluding hydrogens is 226 g/mol. The van der Waals surface area contributed by atoms with Crippen LogP contribution in [0.15, 0.2) is 24.8 Å². The van der Waals surface area contributed by atoms with Crippen LogP contribution in [-0.4, -0.2) is 19.1 Å². The molecule has 1 heterocycles. The standard InChI is InChI=1S/C15H19NO2/c1-3-13-7-8-14(18-12(2)17)11-15(13)16-9-5-4-6-10-16/h3,7-8,11H,1,4-6,9-10H2,2H3. The number of hydrogen-bond acceptors (Lipinski definition) is 3. The molecule has 0 atom stereocenters. The van der Waals surface area contributed by atoms with E-state index in [9.17, 15) is 4.79 Å². The quantitative estimate of drug-likeness (QED) is 0.604. The van der Waals surface area contributed by atoms with Gasteiger partial charge >= 0.3 is 5.97 Å². The molecule has 1 saturated heterocycles. The van der Waals surface area contributed by atoms with Crippen LogP contribution in [0.25, 0.3) is 6.08 Å². The van der Waals surface area contributed by atoms with Crippen molar-refractivity contribution in [3.05, 3.63) is 30.3 Å². The van der Waals surface area contributed by atoms with E-state index in [-0.39, 0.29) is 5.97 Å². The van der Waals surface area contributed by atoms with Crippen LogP contribution in [0, 0.1) is 0 Å². The summed E-state index contributed by atoms with van der Waals surface area (Å²) in [6, 6.07) is 5.70.